The van der Waals surface area contributed by atoms with Gasteiger partial charge in [0.05, 0.1) is 12.7 Å². The molecule has 1 aromatic rings. The summed E-state index contributed by atoms with van der Waals surface area (Å²) in [5, 5.41) is 12.4. The molecule has 100 valence electrons. The molecule has 18 heavy (non-hydrogen) atoms. The third kappa shape index (κ3) is 3.97. The number of amides is 1. The molecular weight excluding hydrogens is 234 g/mol. The number of nitrogens with zero attached hydrogens (tertiary/aromatic N) is 2. The fourth-order valence-electron chi connectivity index (χ4n) is 1.56. The lowest BCUT2D eigenvalue weighted by molar-refractivity contribution is 0.0380. The van der Waals surface area contributed by atoms with Gasteiger partial charge in [-0.05, 0) is 12.1 Å². The molecule has 0 spiro atoms. The highest BCUT2D eigenvalue weighted by molar-refractivity contribution is 5.94. The first-order valence-corrected chi connectivity index (χ1v) is 5.64. The Bertz CT molecular complexity index is 398. The summed E-state index contributed by atoms with van der Waals surface area (Å²) in [6, 6.07) is 3.31. The minimum Gasteiger partial charge on any atom is -0.389 e. The van der Waals surface area contributed by atoms with Gasteiger partial charge < -0.3 is 20.1 Å². The van der Waals surface area contributed by atoms with Crippen molar-refractivity contribution in [2.24, 2.45) is 0 Å². The predicted molar refractivity (Wildman–Crippen MR) is 68.6 cm³/mol. The first-order valence-electron chi connectivity index (χ1n) is 5.64. The highest BCUT2D eigenvalue weighted by Gasteiger charge is 2.15. The fourth-order valence-corrected chi connectivity index (χ4v) is 1.56. The number of carbonyl (C=O) groups excluding carboxylic acids is 1. The van der Waals surface area contributed by atoms with Crippen molar-refractivity contribution in [3.63, 3.8) is 0 Å². The molecule has 6 nitrogen and oxygen atoms in total. The van der Waals surface area contributed by atoms with Gasteiger partial charge in [-0.3, -0.25) is 4.79 Å². The number of aliphatic hydroxyl groups is 1. The van der Waals surface area contributed by atoms with Crippen LogP contribution in [0.2, 0.25) is 0 Å². The van der Waals surface area contributed by atoms with Gasteiger partial charge in [0.25, 0.3) is 5.91 Å². The van der Waals surface area contributed by atoms with E-state index >= 15 is 0 Å². The Morgan fingerprint density at radius 3 is 3.00 bits per heavy atom. The van der Waals surface area contributed by atoms with Crippen molar-refractivity contribution < 1.29 is 14.6 Å². The van der Waals surface area contributed by atoms with Gasteiger partial charge in [0.15, 0.2) is 0 Å². The van der Waals surface area contributed by atoms with E-state index in [9.17, 15) is 9.90 Å². The first-order chi connectivity index (χ1) is 8.58. The Balaban J connectivity index is 2.67. The number of carbonyl (C=O) groups is 1. The minimum atomic E-state index is -0.686. The summed E-state index contributed by atoms with van der Waals surface area (Å²) in [6.45, 7) is 0.430. The van der Waals surface area contributed by atoms with Gasteiger partial charge >= 0.3 is 0 Å². The van der Waals surface area contributed by atoms with E-state index in [-0.39, 0.29) is 19.1 Å². The molecule has 1 aromatic heterocycles. The molecular formula is C12H19N3O3. The SMILES string of the molecule is CNc1cc(C(=O)N(C)CC(O)COC)ccn1. The normalized spacial score (nSPS) is 12.0. The number of rotatable bonds is 6. The third-order valence-electron chi connectivity index (χ3n) is 2.45. The summed E-state index contributed by atoms with van der Waals surface area (Å²) in [4.78, 5) is 17.6. The maximum absolute atomic E-state index is 12.1. The van der Waals surface area contributed by atoms with Crippen LogP contribution in [0.5, 0.6) is 0 Å². The van der Waals surface area contributed by atoms with Crippen molar-refractivity contribution >= 4 is 11.7 Å². The van der Waals surface area contributed by atoms with E-state index in [2.05, 4.69) is 10.3 Å². The van der Waals surface area contributed by atoms with Gasteiger partial charge in [-0.25, -0.2) is 4.98 Å². The molecule has 0 fully saturated rings. The number of hydrogen-bond acceptors (Lipinski definition) is 5. The summed E-state index contributed by atoms with van der Waals surface area (Å²) >= 11 is 0. The second kappa shape index (κ2) is 6.93. The lowest BCUT2D eigenvalue weighted by Gasteiger charge is -2.20. The highest BCUT2D eigenvalue weighted by Crippen LogP contribution is 2.08. The molecule has 0 aromatic carbocycles. The zero-order valence-corrected chi connectivity index (χ0v) is 10.9. The zero-order chi connectivity index (χ0) is 13.5. The van der Waals surface area contributed by atoms with Gasteiger partial charge in [-0.1, -0.05) is 0 Å². The van der Waals surface area contributed by atoms with Crippen LogP contribution in [0.25, 0.3) is 0 Å². The van der Waals surface area contributed by atoms with E-state index in [1.54, 1.807) is 32.4 Å². The van der Waals surface area contributed by atoms with Crippen molar-refractivity contribution in [1.29, 1.82) is 0 Å². The van der Waals surface area contributed by atoms with Crippen LogP contribution in [0.4, 0.5) is 5.82 Å². The smallest absolute Gasteiger partial charge is 0.253 e. The van der Waals surface area contributed by atoms with Crippen LogP contribution in [0.3, 0.4) is 0 Å². The monoisotopic (exact) mass is 253 g/mol. The number of nitrogens with one attached hydrogen (secondary N) is 1. The van der Waals surface area contributed by atoms with Crippen LogP contribution < -0.4 is 5.32 Å². The van der Waals surface area contributed by atoms with Crippen LogP contribution in [-0.2, 0) is 4.74 Å². The van der Waals surface area contributed by atoms with Crippen LogP contribution in [0.15, 0.2) is 18.3 Å². The average Bonchev–Trinajstić information content (AvgIpc) is 2.38. The van der Waals surface area contributed by atoms with Gasteiger partial charge in [0.1, 0.15) is 5.82 Å². The largest absolute Gasteiger partial charge is 0.389 e. The summed E-state index contributed by atoms with van der Waals surface area (Å²) in [6.07, 6.45) is 0.882. The quantitative estimate of drug-likeness (QED) is 0.757. The minimum absolute atomic E-state index is 0.163. The standard InChI is InChI=1S/C12H19N3O3/c1-13-11-6-9(4-5-14-11)12(17)15(2)7-10(16)8-18-3/h4-6,10,16H,7-8H2,1-3H3,(H,13,14). The number of anilines is 1. The van der Waals surface area contributed by atoms with E-state index in [0.717, 1.165) is 0 Å². The molecule has 1 atom stereocenters. The topological polar surface area (TPSA) is 74.7 Å². The Morgan fingerprint density at radius 1 is 1.67 bits per heavy atom. The fraction of sp³-hybridized carbons (Fsp3) is 0.500. The zero-order valence-electron chi connectivity index (χ0n) is 10.9. The van der Waals surface area contributed by atoms with E-state index in [4.69, 9.17) is 4.74 Å². The number of likely N-dealkylation sites (N-methyl/N-ethyl adjacent to an activating group) is 1. The maximum Gasteiger partial charge on any atom is 0.253 e. The van der Waals surface area contributed by atoms with Gasteiger partial charge in [0.2, 0.25) is 0 Å². The van der Waals surface area contributed by atoms with Gasteiger partial charge in [0, 0.05) is 39.5 Å². The Hall–Kier alpha value is -1.66. The van der Waals surface area contributed by atoms with Crippen LogP contribution in [0.1, 0.15) is 10.4 Å². The van der Waals surface area contributed by atoms with Gasteiger partial charge in [-0.15, -0.1) is 0 Å². The van der Waals surface area contributed by atoms with Crippen molar-refractivity contribution in [3.8, 4) is 0 Å². The van der Waals surface area contributed by atoms with Crippen LogP contribution in [-0.4, -0.2) is 61.4 Å². The van der Waals surface area contributed by atoms with Crippen LogP contribution >= 0.6 is 0 Å². The Morgan fingerprint density at radius 2 is 2.39 bits per heavy atom. The number of aromatic nitrogens is 1. The molecule has 2 N–H and O–H groups in total. The maximum atomic E-state index is 12.1. The Labute approximate surface area is 107 Å². The lowest BCUT2D eigenvalue weighted by atomic mass is 10.2. The number of aliphatic hydroxyl groups excluding tert-OH is 1. The van der Waals surface area contributed by atoms with Crippen molar-refractivity contribution in [2.75, 3.05) is 39.7 Å². The molecule has 0 radical (unpaired) electrons. The summed E-state index contributed by atoms with van der Waals surface area (Å²) < 4.78 is 4.82. The molecule has 1 unspecified atom stereocenters. The number of hydrogen-bond donors (Lipinski definition) is 2. The Kier molecular flexibility index (Phi) is 5.54. The molecule has 0 aliphatic rings. The van der Waals surface area contributed by atoms with E-state index in [1.165, 1.54) is 12.0 Å². The highest BCUT2D eigenvalue weighted by atomic mass is 16.5. The van der Waals surface area contributed by atoms with Crippen molar-refractivity contribution in [1.82, 2.24) is 9.88 Å². The number of pyridine rings is 1. The molecule has 0 aliphatic heterocycles. The number of ether oxygens (including phenoxy) is 1. The predicted octanol–water partition coefficient (Wildman–Crippen LogP) is 0.203. The average molecular weight is 253 g/mol. The van der Waals surface area contributed by atoms with Gasteiger partial charge in [-0.2, -0.15) is 0 Å². The van der Waals surface area contributed by atoms with Crippen molar-refractivity contribution in [2.45, 2.75) is 6.10 Å². The first kappa shape index (κ1) is 14.4. The second-order valence-corrected chi connectivity index (χ2v) is 3.97. The second-order valence-electron chi connectivity index (χ2n) is 3.97. The molecule has 6 heteroatoms. The summed E-state index contributed by atoms with van der Waals surface area (Å²) in [5.74, 6) is 0.468. The summed E-state index contributed by atoms with van der Waals surface area (Å²) in [5.41, 5.74) is 0.529. The van der Waals surface area contributed by atoms with Crippen LogP contribution in [0, 0.1) is 0 Å². The van der Waals surface area contributed by atoms with E-state index in [1.807, 2.05) is 0 Å². The third-order valence-corrected chi connectivity index (χ3v) is 2.45. The number of methoxy groups -OCH3 is 1. The van der Waals surface area contributed by atoms with E-state index < -0.39 is 6.10 Å². The molecule has 0 bridgehead atoms. The molecule has 1 rings (SSSR count). The molecule has 1 heterocycles. The summed E-state index contributed by atoms with van der Waals surface area (Å²) in [7, 11) is 4.89. The molecule has 1 amide bonds. The molecule has 0 saturated carbocycles. The molecule has 0 aliphatic carbocycles. The van der Waals surface area contributed by atoms with Crippen molar-refractivity contribution in [3.05, 3.63) is 23.9 Å². The van der Waals surface area contributed by atoms with E-state index in [0.29, 0.717) is 11.4 Å². The molecule has 0 saturated heterocycles. The lowest BCUT2D eigenvalue weighted by Crippen LogP contribution is -2.36.